The molecule has 1 aliphatic rings. The highest BCUT2D eigenvalue weighted by atomic mass is 16.2. The van der Waals surface area contributed by atoms with Gasteiger partial charge in [-0.05, 0) is 31.9 Å². The maximum Gasteiger partial charge on any atom is 0.253 e. The van der Waals surface area contributed by atoms with Crippen molar-refractivity contribution in [2.24, 2.45) is 5.10 Å². The molecule has 0 saturated carbocycles. The Morgan fingerprint density at radius 3 is 2.69 bits per heavy atom. The molecule has 2 rings (SSSR count). The third kappa shape index (κ3) is 1.85. The van der Waals surface area contributed by atoms with Crippen LogP contribution in [-0.2, 0) is 4.79 Å². The van der Waals surface area contributed by atoms with Crippen LogP contribution in [0.2, 0.25) is 0 Å². The van der Waals surface area contributed by atoms with Crippen molar-refractivity contribution in [3.63, 3.8) is 0 Å². The molecule has 1 heterocycles. The van der Waals surface area contributed by atoms with Crippen LogP contribution >= 0.6 is 0 Å². The van der Waals surface area contributed by atoms with Crippen LogP contribution in [0.1, 0.15) is 30.9 Å². The van der Waals surface area contributed by atoms with Crippen molar-refractivity contribution in [3.8, 4) is 0 Å². The Hall–Kier alpha value is -1.64. The number of aryl methyl sites for hydroxylation is 2. The minimum absolute atomic E-state index is 0.0730. The molecule has 0 saturated heterocycles. The highest BCUT2D eigenvalue weighted by Crippen LogP contribution is 2.25. The lowest BCUT2D eigenvalue weighted by atomic mass is 10.1. The fourth-order valence-electron chi connectivity index (χ4n) is 1.91. The second kappa shape index (κ2) is 4.08. The molecule has 1 aliphatic heterocycles. The molecule has 0 N–H and O–H groups in total. The van der Waals surface area contributed by atoms with Gasteiger partial charge in [0.15, 0.2) is 0 Å². The van der Waals surface area contributed by atoms with Gasteiger partial charge < -0.3 is 0 Å². The summed E-state index contributed by atoms with van der Waals surface area (Å²) in [6, 6.07) is 6.04. The van der Waals surface area contributed by atoms with E-state index in [0.29, 0.717) is 6.42 Å². The molecule has 1 amide bonds. The van der Waals surface area contributed by atoms with Gasteiger partial charge in [-0.25, -0.2) is 5.01 Å². The van der Waals surface area contributed by atoms with E-state index in [0.717, 1.165) is 23.4 Å². The summed E-state index contributed by atoms with van der Waals surface area (Å²) in [5.74, 6) is 0.0730. The molecule has 3 heteroatoms. The van der Waals surface area contributed by atoms with Gasteiger partial charge in [-0.15, -0.1) is 0 Å². The van der Waals surface area contributed by atoms with Gasteiger partial charge in [-0.1, -0.05) is 24.6 Å². The zero-order chi connectivity index (χ0) is 11.7. The Bertz CT molecular complexity index is 463. The summed E-state index contributed by atoms with van der Waals surface area (Å²) in [6.07, 6.45) is 1.30. The Balaban J connectivity index is 2.38. The predicted octanol–water partition coefficient (Wildman–Crippen LogP) is 2.81. The van der Waals surface area contributed by atoms with Gasteiger partial charge >= 0.3 is 0 Å². The maximum absolute atomic E-state index is 11.8. The first-order chi connectivity index (χ1) is 7.61. The number of nitrogens with zero attached hydrogens (tertiary/aromatic N) is 2. The third-order valence-corrected chi connectivity index (χ3v) is 2.82. The lowest BCUT2D eigenvalue weighted by Crippen LogP contribution is -2.20. The minimum Gasteiger partial charge on any atom is -0.272 e. The molecule has 0 unspecified atom stereocenters. The van der Waals surface area contributed by atoms with E-state index in [1.54, 1.807) is 0 Å². The number of rotatable bonds is 2. The maximum atomic E-state index is 11.8. The Morgan fingerprint density at radius 2 is 2.12 bits per heavy atom. The highest BCUT2D eigenvalue weighted by molar-refractivity contribution is 6.13. The molecule has 0 fully saturated rings. The van der Waals surface area contributed by atoms with Crippen molar-refractivity contribution in [2.75, 3.05) is 5.01 Å². The standard InChI is InChI=1S/C13H16N2O/c1-4-11-8-13(16)15(14-11)12-6-5-9(2)7-10(12)3/h5-7H,4,8H2,1-3H3. The van der Waals surface area contributed by atoms with Gasteiger partial charge in [0.25, 0.3) is 5.91 Å². The molecule has 0 aromatic heterocycles. The molecule has 0 radical (unpaired) electrons. The summed E-state index contributed by atoms with van der Waals surface area (Å²) in [5.41, 5.74) is 4.16. The van der Waals surface area contributed by atoms with Gasteiger partial charge in [0.05, 0.1) is 12.1 Å². The highest BCUT2D eigenvalue weighted by Gasteiger charge is 2.24. The van der Waals surface area contributed by atoms with E-state index in [9.17, 15) is 4.79 Å². The smallest absolute Gasteiger partial charge is 0.253 e. The number of carbonyl (C=O) groups excluding carboxylic acids is 1. The largest absolute Gasteiger partial charge is 0.272 e. The lowest BCUT2D eigenvalue weighted by Gasteiger charge is -2.14. The average molecular weight is 216 g/mol. The number of hydrazone groups is 1. The number of anilines is 1. The number of hydrogen-bond donors (Lipinski definition) is 0. The van der Waals surface area contributed by atoms with Gasteiger partial charge in [-0.2, -0.15) is 5.10 Å². The topological polar surface area (TPSA) is 32.7 Å². The Kier molecular flexibility index (Phi) is 2.77. The zero-order valence-corrected chi connectivity index (χ0v) is 9.95. The molecule has 0 spiro atoms. The Morgan fingerprint density at radius 1 is 1.38 bits per heavy atom. The summed E-state index contributed by atoms with van der Waals surface area (Å²) in [6.45, 7) is 6.08. The fourth-order valence-corrected chi connectivity index (χ4v) is 1.91. The van der Waals surface area contributed by atoms with Crippen LogP contribution in [0.25, 0.3) is 0 Å². The monoisotopic (exact) mass is 216 g/mol. The van der Waals surface area contributed by atoms with E-state index < -0.39 is 0 Å². The molecule has 0 aliphatic carbocycles. The van der Waals surface area contributed by atoms with Crippen molar-refractivity contribution < 1.29 is 4.79 Å². The number of benzene rings is 1. The van der Waals surface area contributed by atoms with Gasteiger partial charge in [-0.3, -0.25) is 4.79 Å². The molecular formula is C13H16N2O. The fraction of sp³-hybridized carbons (Fsp3) is 0.385. The molecule has 16 heavy (non-hydrogen) atoms. The van der Waals surface area contributed by atoms with Gasteiger partial charge in [0.2, 0.25) is 0 Å². The summed E-state index contributed by atoms with van der Waals surface area (Å²) in [7, 11) is 0. The first-order valence-corrected chi connectivity index (χ1v) is 5.58. The molecule has 1 aromatic rings. The van der Waals surface area contributed by atoms with Crippen molar-refractivity contribution >= 4 is 17.3 Å². The summed E-state index contributed by atoms with van der Waals surface area (Å²) in [5, 5.41) is 5.88. The molecule has 3 nitrogen and oxygen atoms in total. The second-order valence-electron chi connectivity index (χ2n) is 4.19. The van der Waals surface area contributed by atoms with Crippen LogP contribution in [0.3, 0.4) is 0 Å². The van der Waals surface area contributed by atoms with E-state index in [2.05, 4.69) is 11.2 Å². The van der Waals surface area contributed by atoms with Crippen LogP contribution in [0.15, 0.2) is 23.3 Å². The zero-order valence-electron chi connectivity index (χ0n) is 9.95. The van der Waals surface area contributed by atoms with E-state index in [4.69, 9.17) is 0 Å². The molecular weight excluding hydrogens is 200 g/mol. The number of hydrogen-bond acceptors (Lipinski definition) is 2. The Labute approximate surface area is 95.8 Å². The van der Waals surface area contributed by atoms with Crippen molar-refractivity contribution in [2.45, 2.75) is 33.6 Å². The van der Waals surface area contributed by atoms with Crippen molar-refractivity contribution in [3.05, 3.63) is 29.3 Å². The van der Waals surface area contributed by atoms with Crippen LogP contribution < -0.4 is 5.01 Å². The van der Waals surface area contributed by atoms with E-state index >= 15 is 0 Å². The second-order valence-corrected chi connectivity index (χ2v) is 4.19. The number of amides is 1. The van der Waals surface area contributed by atoms with Crippen LogP contribution in [0.4, 0.5) is 5.69 Å². The van der Waals surface area contributed by atoms with E-state index in [1.807, 2.05) is 32.9 Å². The van der Waals surface area contributed by atoms with Crippen molar-refractivity contribution in [1.82, 2.24) is 0 Å². The lowest BCUT2D eigenvalue weighted by molar-refractivity contribution is -0.116. The molecule has 84 valence electrons. The quantitative estimate of drug-likeness (QED) is 0.748. The molecule has 0 bridgehead atoms. The number of carbonyl (C=O) groups is 1. The third-order valence-electron chi connectivity index (χ3n) is 2.82. The predicted molar refractivity (Wildman–Crippen MR) is 65.7 cm³/mol. The summed E-state index contributed by atoms with van der Waals surface area (Å²) < 4.78 is 0. The SMILES string of the molecule is CCC1=NN(c2ccc(C)cc2C)C(=O)C1. The van der Waals surface area contributed by atoms with Gasteiger partial charge in [0, 0.05) is 5.71 Å². The van der Waals surface area contributed by atoms with Crippen LogP contribution in [0.5, 0.6) is 0 Å². The molecule has 0 atom stereocenters. The van der Waals surface area contributed by atoms with E-state index in [-0.39, 0.29) is 5.91 Å². The van der Waals surface area contributed by atoms with E-state index in [1.165, 1.54) is 10.6 Å². The average Bonchev–Trinajstić information content (AvgIpc) is 2.60. The van der Waals surface area contributed by atoms with Crippen LogP contribution in [0, 0.1) is 13.8 Å². The van der Waals surface area contributed by atoms with Crippen molar-refractivity contribution in [1.29, 1.82) is 0 Å². The first-order valence-electron chi connectivity index (χ1n) is 5.58. The summed E-state index contributed by atoms with van der Waals surface area (Å²) in [4.78, 5) is 11.8. The molecule has 1 aromatic carbocycles. The first kappa shape index (κ1) is 10.9. The minimum atomic E-state index is 0.0730. The normalized spacial score (nSPS) is 15.6. The van der Waals surface area contributed by atoms with Crippen LogP contribution in [-0.4, -0.2) is 11.6 Å². The summed E-state index contributed by atoms with van der Waals surface area (Å²) >= 11 is 0. The van der Waals surface area contributed by atoms with Gasteiger partial charge in [0.1, 0.15) is 0 Å².